The molecule has 0 spiro atoms. The highest BCUT2D eigenvalue weighted by atomic mass is 79.9. The lowest BCUT2D eigenvalue weighted by molar-refractivity contribution is 0.0950. The third-order valence-electron chi connectivity index (χ3n) is 3.84. The van der Waals surface area contributed by atoms with E-state index in [-0.39, 0.29) is 5.91 Å². The second-order valence-electron chi connectivity index (χ2n) is 5.49. The number of carbonyl (C=O) groups is 1. The van der Waals surface area contributed by atoms with Crippen molar-refractivity contribution in [1.29, 1.82) is 0 Å². The van der Waals surface area contributed by atoms with Gasteiger partial charge in [-0.3, -0.25) is 4.79 Å². The largest absolute Gasteiger partial charge is 0.347 e. The summed E-state index contributed by atoms with van der Waals surface area (Å²) in [5.41, 5.74) is 0.555. The minimum Gasteiger partial charge on any atom is -0.347 e. The Morgan fingerprint density at radius 3 is 2.58 bits per heavy atom. The van der Waals surface area contributed by atoms with Gasteiger partial charge in [-0.15, -0.1) is 11.3 Å². The summed E-state index contributed by atoms with van der Waals surface area (Å²) in [6.07, 6.45) is 1.83. The maximum Gasteiger partial charge on any atom is 0.252 e. The maximum atomic E-state index is 12.5. The molecule has 1 saturated heterocycles. The van der Waals surface area contributed by atoms with Gasteiger partial charge in [0.05, 0.1) is 12.1 Å². The van der Waals surface area contributed by atoms with E-state index < -0.39 is 10.0 Å². The standard InChI is InChI=1S/C16H17BrN2O3S2/c17-14-6-2-1-5-13(14)16(20)18-11-12-7-8-15(23-12)24(21,22)19-9-3-4-10-19/h1-2,5-8H,3-4,9-11H2,(H,18,20). The lowest BCUT2D eigenvalue weighted by Crippen LogP contribution is -2.27. The molecule has 2 aromatic rings. The highest BCUT2D eigenvalue weighted by Crippen LogP contribution is 2.27. The Morgan fingerprint density at radius 2 is 1.88 bits per heavy atom. The highest BCUT2D eigenvalue weighted by Gasteiger charge is 2.28. The molecule has 1 aliphatic rings. The number of hydrogen-bond donors (Lipinski definition) is 1. The van der Waals surface area contributed by atoms with Crippen molar-refractivity contribution in [3.05, 3.63) is 51.3 Å². The highest BCUT2D eigenvalue weighted by molar-refractivity contribution is 9.10. The summed E-state index contributed by atoms with van der Waals surface area (Å²) in [6, 6.07) is 10.6. The van der Waals surface area contributed by atoms with Crippen molar-refractivity contribution in [2.24, 2.45) is 0 Å². The number of amides is 1. The van der Waals surface area contributed by atoms with Crippen LogP contribution in [0, 0.1) is 0 Å². The van der Waals surface area contributed by atoms with Crippen molar-refractivity contribution in [2.45, 2.75) is 23.6 Å². The summed E-state index contributed by atoms with van der Waals surface area (Å²) in [4.78, 5) is 13.0. The van der Waals surface area contributed by atoms with Crippen molar-refractivity contribution < 1.29 is 13.2 Å². The molecule has 1 N–H and O–H groups in total. The zero-order chi connectivity index (χ0) is 17.2. The van der Waals surface area contributed by atoms with Gasteiger partial charge in [-0.25, -0.2) is 8.42 Å². The molecule has 1 aromatic heterocycles. The molecule has 0 aliphatic carbocycles. The summed E-state index contributed by atoms with van der Waals surface area (Å²) >= 11 is 4.56. The molecule has 0 unspecified atom stereocenters. The topological polar surface area (TPSA) is 66.5 Å². The van der Waals surface area contributed by atoms with E-state index in [1.165, 1.54) is 15.6 Å². The third-order valence-corrected chi connectivity index (χ3v) is 7.98. The van der Waals surface area contributed by atoms with Gasteiger partial charge in [-0.05, 0) is 53.0 Å². The van der Waals surface area contributed by atoms with Crippen LogP contribution in [-0.4, -0.2) is 31.7 Å². The molecule has 0 atom stereocenters. The number of carbonyl (C=O) groups excluding carboxylic acids is 1. The van der Waals surface area contributed by atoms with Crippen LogP contribution in [-0.2, 0) is 16.6 Å². The number of benzene rings is 1. The molecular weight excluding hydrogens is 412 g/mol. The monoisotopic (exact) mass is 428 g/mol. The van der Waals surface area contributed by atoms with E-state index in [2.05, 4.69) is 21.2 Å². The van der Waals surface area contributed by atoms with E-state index in [4.69, 9.17) is 0 Å². The number of rotatable bonds is 5. The SMILES string of the molecule is O=C(NCc1ccc(S(=O)(=O)N2CCCC2)s1)c1ccccc1Br. The third kappa shape index (κ3) is 3.72. The second kappa shape index (κ2) is 7.35. The molecule has 1 aromatic carbocycles. The van der Waals surface area contributed by atoms with Crippen LogP contribution in [0.1, 0.15) is 28.1 Å². The fraction of sp³-hybridized carbons (Fsp3) is 0.312. The summed E-state index contributed by atoms with van der Waals surface area (Å²) in [6.45, 7) is 1.49. The number of hydrogen-bond acceptors (Lipinski definition) is 4. The van der Waals surface area contributed by atoms with Gasteiger partial charge in [0, 0.05) is 22.4 Å². The summed E-state index contributed by atoms with van der Waals surface area (Å²) in [5, 5.41) is 2.82. The van der Waals surface area contributed by atoms with Crippen LogP contribution >= 0.6 is 27.3 Å². The molecule has 8 heteroatoms. The fourth-order valence-corrected chi connectivity index (χ4v) is 5.99. The zero-order valence-electron chi connectivity index (χ0n) is 12.9. The predicted molar refractivity (Wildman–Crippen MR) is 97.6 cm³/mol. The summed E-state index contributed by atoms with van der Waals surface area (Å²) in [5.74, 6) is -0.195. The molecule has 128 valence electrons. The first-order valence-electron chi connectivity index (χ1n) is 7.60. The van der Waals surface area contributed by atoms with Gasteiger partial charge in [0.1, 0.15) is 4.21 Å². The van der Waals surface area contributed by atoms with E-state index in [1.54, 1.807) is 30.3 Å². The molecule has 2 heterocycles. The van der Waals surface area contributed by atoms with Gasteiger partial charge in [-0.1, -0.05) is 12.1 Å². The minimum atomic E-state index is -3.38. The average molecular weight is 429 g/mol. The van der Waals surface area contributed by atoms with Crippen LogP contribution < -0.4 is 5.32 Å². The van der Waals surface area contributed by atoms with E-state index in [0.29, 0.717) is 29.4 Å². The molecule has 3 rings (SSSR count). The van der Waals surface area contributed by atoms with Crippen LogP contribution in [0.25, 0.3) is 0 Å². The Kier molecular flexibility index (Phi) is 5.39. The zero-order valence-corrected chi connectivity index (χ0v) is 16.1. The van der Waals surface area contributed by atoms with Gasteiger partial charge in [0.2, 0.25) is 0 Å². The number of nitrogens with zero attached hydrogens (tertiary/aromatic N) is 1. The molecule has 1 aliphatic heterocycles. The number of thiophene rings is 1. The van der Waals surface area contributed by atoms with Gasteiger partial charge in [-0.2, -0.15) is 4.31 Å². The van der Waals surface area contributed by atoms with E-state index in [1.807, 2.05) is 6.07 Å². The van der Waals surface area contributed by atoms with E-state index in [9.17, 15) is 13.2 Å². The first-order chi connectivity index (χ1) is 11.5. The molecule has 0 radical (unpaired) electrons. The van der Waals surface area contributed by atoms with Gasteiger partial charge < -0.3 is 5.32 Å². The smallest absolute Gasteiger partial charge is 0.252 e. The van der Waals surface area contributed by atoms with Gasteiger partial charge in [0.25, 0.3) is 15.9 Å². The van der Waals surface area contributed by atoms with Crippen molar-refractivity contribution in [3.8, 4) is 0 Å². The predicted octanol–water partition coefficient (Wildman–Crippen LogP) is 3.23. The van der Waals surface area contributed by atoms with Crippen LogP contribution in [0.15, 0.2) is 45.1 Å². The quantitative estimate of drug-likeness (QED) is 0.794. The number of sulfonamides is 1. The first kappa shape index (κ1) is 17.6. The molecule has 24 heavy (non-hydrogen) atoms. The molecule has 0 saturated carbocycles. The fourth-order valence-electron chi connectivity index (χ4n) is 2.56. The van der Waals surface area contributed by atoms with E-state index >= 15 is 0 Å². The maximum absolute atomic E-state index is 12.5. The van der Waals surface area contributed by atoms with E-state index in [0.717, 1.165) is 22.2 Å². The molecule has 1 fully saturated rings. The first-order valence-corrected chi connectivity index (χ1v) is 10.6. The molecular formula is C16H17BrN2O3S2. The Bertz CT molecular complexity index is 843. The summed E-state index contributed by atoms with van der Waals surface area (Å²) in [7, 11) is -3.38. The normalized spacial score (nSPS) is 15.5. The molecule has 0 bridgehead atoms. The Morgan fingerprint density at radius 1 is 1.17 bits per heavy atom. The van der Waals surface area contributed by atoms with Crippen molar-refractivity contribution in [3.63, 3.8) is 0 Å². The molecule has 1 amide bonds. The van der Waals surface area contributed by atoms with Gasteiger partial charge >= 0.3 is 0 Å². The van der Waals surface area contributed by atoms with Crippen LogP contribution in [0.4, 0.5) is 0 Å². The molecule has 5 nitrogen and oxygen atoms in total. The van der Waals surface area contributed by atoms with Crippen LogP contribution in [0.2, 0.25) is 0 Å². The Labute approximate surface area is 153 Å². The Hall–Kier alpha value is -1.22. The van der Waals surface area contributed by atoms with Crippen molar-refractivity contribution >= 4 is 43.2 Å². The van der Waals surface area contributed by atoms with Crippen molar-refractivity contribution in [2.75, 3.05) is 13.1 Å². The second-order valence-corrected chi connectivity index (χ2v) is 9.68. The number of nitrogens with one attached hydrogen (secondary N) is 1. The summed E-state index contributed by atoms with van der Waals surface area (Å²) < 4.78 is 27.6. The minimum absolute atomic E-state index is 0.195. The van der Waals surface area contributed by atoms with Crippen molar-refractivity contribution in [1.82, 2.24) is 9.62 Å². The van der Waals surface area contributed by atoms with Crippen LogP contribution in [0.5, 0.6) is 0 Å². The number of halogens is 1. The Balaban J connectivity index is 1.66. The van der Waals surface area contributed by atoms with Gasteiger partial charge in [0.15, 0.2) is 0 Å². The van der Waals surface area contributed by atoms with Crippen LogP contribution in [0.3, 0.4) is 0 Å². The average Bonchev–Trinajstić information content (AvgIpc) is 3.25. The lowest BCUT2D eigenvalue weighted by Gasteiger charge is -2.13. The lowest BCUT2D eigenvalue weighted by atomic mass is 10.2.